The van der Waals surface area contributed by atoms with Gasteiger partial charge in [0, 0.05) is 12.2 Å². The minimum atomic E-state index is -2.29. The molecule has 0 aliphatic carbocycles. The van der Waals surface area contributed by atoms with E-state index >= 15 is 0 Å². The molecule has 0 radical (unpaired) electrons. The Morgan fingerprint density at radius 3 is 2.27 bits per heavy atom. The average Bonchev–Trinajstić information content (AvgIpc) is 3.06. The van der Waals surface area contributed by atoms with Crippen molar-refractivity contribution in [2.24, 2.45) is 0 Å². The molecule has 1 aromatic heterocycles. The molecule has 0 spiro atoms. The molecule has 3 rings (SSSR count). The van der Waals surface area contributed by atoms with E-state index in [9.17, 15) is 26.7 Å². The van der Waals surface area contributed by atoms with Crippen LogP contribution in [0.1, 0.15) is 11.5 Å². The quantitative estimate of drug-likeness (QED) is 0.227. The number of ether oxygens (including phenoxy) is 1. The molecule has 0 saturated heterocycles. The fourth-order valence-electron chi connectivity index (χ4n) is 2.07. The molecule has 0 bridgehead atoms. The molecule has 0 saturated carbocycles. The first kappa shape index (κ1) is 17.6. The van der Waals surface area contributed by atoms with Gasteiger partial charge < -0.3 is 9.15 Å². The number of rotatable bonds is 4. The molecule has 4 nitrogen and oxygen atoms in total. The number of hydrogen-bond donors (Lipinski definition) is 0. The van der Waals surface area contributed by atoms with Gasteiger partial charge in [-0.3, -0.25) is 0 Å². The molecule has 2 aromatic carbocycles. The van der Waals surface area contributed by atoms with Gasteiger partial charge in [0.2, 0.25) is 11.7 Å². The van der Waals surface area contributed by atoms with E-state index in [2.05, 4.69) is 9.72 Å². The lowest BCUT2D eigenvalue weighted by Gasteiger charge is -2.08. The van der Waals surface area contributed by atoms with E-state index < -0.39 is 47.2 Å². The molecule has 0 aliphatic rings. The van der Waals surface area contributed by atoms with Crippen LogP contribution in [0.3, 0.4) is 0 Å². The second-order valence-electron chi connectivity index (χ2n) is 5.01. The highest BCUT2D eigenvalue weighted by atomic mass is 19.2. The molecular weight excluding hydrogens is 361 g/mol. The van der Waals surface area contributed by atoms with Crippen molar-refractivity contribution in [2.75, 3.05) is 0 Å². The lowest BCUT2D eigenvalue weighted by molar-refractivity contribution is -0.139. The fraction of sp³-hybridized carbons (Fsp3) is 0.0588. The van der Waals surface area contributed by atoms with Gasteiger partial charge in [-0.25, -0.2) is 31.7 Å². The molecule has 0 amide bonds. The molecule has 0 aliphatic heterocycles. The highest BCUT2D eigenvalue weighted by molar-refractivity contribution is 5.86. The Bertz CT molecular complexity index is 967. The number of para-hydroxylation sites is 2. The van der Waals surface area contributed by atoms with Gasteiger partial charge in [0.25, 0.3) is 0 Å². The molecule has 26 heavy (non-hydrogen) atoms. The molecule has 0 N–H and O–H groups in total. The number of halogens is 5. The van der Waals surface area contributed by atoms with Crippen LogP contribution in [0.15, 0.2) is 34.8 Å². The Morgan fingerprint density at radius 1 is 1.00 bits per heavy atom. The maximum atomic E-state index is 13.5. The number of nitrogens with zero attached hydrogens (tertiary/aromatic N) is 1. The summed E-state index contributed by atoms with van der Waals surface area (Å²) in [6.07, 6.45) is 1.98. The maximum Gasteiger partial charge on any atom is 0.331 e. The van der Waals surface area contributed by atoms with E-state index in [0.717, 1.165) is 12.2 Å². The van der Waals surface area contributed by atoms with Crippen molar-refractivity contribution in [3.63, 3.8) is 0 Å². The van der Waals surface area contributed by atoms with Crippen molar-refractivity contribution in [3.05, 3.63) is 70.9 Å². The van der Waals surface area contributed by atoms with Crippen molar-refractivity contribution in [1.82, 2.24) is 4.98 Å². The number of aromatic nitrogens is 1. The molecule has 9 heteroatoms. The number of esters is 1. The Labute approximate surface area is 142 Å². The van der Waals surface area contributed by atoms with Crippen LogP contribution in [0.2, 0.25) is 0 Å². The summed E-state index contributed by atoms with van der Waals surface area (Å²) in [6.45, 7) is -1.14. The third-order valence-corrected chi connectivity index (χ3v) is 3.33. The molecular formula is C17H8F5NO3. The van der Waals surface area contributed by atoms with E-state index in [1.807, 2.05) is 0 Å². The first-order valence-electron chi connectivity index (χ1n) is 7.09. The normalized spacial score (nSPS) is 11.4. The summed E-state index contributed by atoms with van der Waals surface area (Å²) in [5.74, 6) is -11.6. The average molecular weight is 369 g/mol. The van der Waals surface area contributed by atoms with Gasteiger partial charge in [0.15, 0.2) is 28.9 Å². The summed E-state index contributed by atoms with van der Waals surface area (Å²) >= 11 is 0. The van der Waals surface area contributed by atoms with Crippen LogP contribution in [0.4, 0.5) is 22.0 Å². The summed E-state index contributed by atoms with van der Waals surface area (Å²) in [6, 6.07) is 6.79. The maximum absolute atomic E-state index is 13.5. The zero-order valence-electron chi connectivity index (χ0n) is 12.7. The first-order chi connectivity index (χ1) is 12.4. The van der Waals surface area contributed by atoms with Gasteiger partial charge in [0.05, 0.1) is 5.56 Å². The summed E-state index contributed by atoms with van der Waals surface area (Å²) in [5, 5.41) is 0. The number of carbonyl (C=O) groups excluding carboxylic acids is 1. The molecule has 0 atom stereocenters. The number of fused-ring (bicyclic) bond motifs is 1. The lowest BCUT2D eigenvalue weighted by atomic mass is 10.2. The Balaban J connectivity index is 1.71. The van der Waals surface area contributed by atoms with Crippen molar-refractivity contribution in [2.45, 2.75) is 6.61 Å². The highest BCUT2D eigenvalue weighted by Crippen LogP contribution is 2.23. The summed E-state index contributed by atoms with van der Waals surface area (Å²) in [7, 11) is 0. The Kier molecular flexibility index (Phi) is 4.70. The largest absolute Gasteiger partial charge is 0.457 e. The van der Waals surface area contributed by atoms with E-state index in [1.165, 1.54) is 0 Å². The number of hydrogen-bond acceptors (Lipinski definition) is 4. The van der Waals surface area contributed by atoms with Gasteiger partial charge in [-0.15, -0.1) is 0 Å². The standard InChI is InChI=1S/C17H8F5NO3/c18-13-8(14(19)16(21)17(22)15(13)20)7-25-12(24)6-5-11-23-9-3-1-2-4-10(9)26-11/h1-6H,7H2. The molecule has 3 aromatic rings. The minimum Gasteiger partial charge on any atom is -0.457 e. The number of oxazole rings is 1. The molecule has 0 unspecified atom stereocenters. The predicted molar refractivity (Wildman–Crippen MR) is 79.1 cm³/mol. The summed E-state index contributed by atoms with van der Waals surface area (Å²) in [5.41, 5.74) is -0.228. The van der Waals surface area contributed by atoms with Gasteiger partial charge in [-0.05, 0) is 12.1 Å². The van der Waals surface area contributed by atoms with Crippen LogP contribution in [0.25, 0.3) is 17.2 Å². The zero-order chi connectivity index (χ0) is 18.8. The van der Waals surface area contributed by atoms with Crippen LogP contribution in [-0.2, 0) is 16.1 Å². The van der Waals surface area contributed by atoms with Crippen molar-refractivity contribution in [3.8, 4) is 0 Å². The monoisotopic (exact) mass is 369 g/mol. The molecule has 134 valence electrons. The van der Waals surface area contributed by atoms with Crippen LogP contribution in [0.5, 0.6) is 0 Å². The lowest BCUT2D eigenvalue weighted by Crippen LogP contribution is -2.10. The van der Waals surface area contributed by atoms with Gasteiger partial charge >= 0.3 is 5.97 Å². The SMILES string of the molecule is O=C(C=Cc1nc2ccccc2o1)OCc1c(F)c(F)c(F)c(F)c1F. The topological polar surface area (TPSA) is 52.3 Å². The van der Waals surface area contributed by atoms with Crippen molar-refractivity contribution in [1.29, 1.82) is 0 Å². The van der Waals surface area contributed by atoms with Crippen LogP contribution in [-0.4, -0.2) is 11.0 Å². The molecule has 0 fully saturated rings. The first-order valence-corrected chi connectivity index (χ1v) is 7.09. The highest BCUT2D eigenvalue weighted by Gasteiger charge is 2.26. The van der Waals surface area contributed by atoms with Crippen molar-refractivity contribution < 1.29 is 35.9 Å². The Morgan fingerprint density at radius 2 is 1.62 bits per heavy atom. The van der Waals surface area contributed by atoms with E-state index in [1.54, 1.807) is 24.3 Å². The smallest absolute Gasteiger partial charge is 0.331 e. The van der Waals surface area contributed by atoms with Gasteiger partial charge in [-0.2, -0.15) is 0 Å². The second kappa shape index (κ2) is 6.95. The fourth-order valence-corrected chi connectivity index (χ4v) is 2.07. The van der Waals surface area contributed by atoms with Crippen LogP contribution >= 0.6 is 0 Å². The van der Waals surface area contributed by atoms with E-state index in [4.69, 9.17) is 4.42 Å². The third kappa shape index (κ3) is 3.28. The van der Waals surface area contributed by atoms with Crippen LogP contribution < -0.4 is 0 Å². The third-order valence-electron chi connectivity index (χ3n) is 3.33. The summed E-state index contributed by atoms with van der Waals surface area (Å²) in [4.78, 5) is 15.6. The van der Waals surface area contributed by atoms with Gasteiger partial charge in [0.1, 0.15) is 12.1 Å². The Hall–Kier alpha value is -3.23. The van der Waals surface area contributed by atoms with E-state index in [-0.39, 0.29) is 5.89 Å². The summed E-state index contributed by atoms with van der Waals surface area (Å²) < 4.78 is 75.8. The predicted octanol–water partition coefficient (Wildman–Crippen LogP) is 4.28. The second-order valence-corrected chi connectivity index (χ2v) is 5.01. The zero-order valence-corrected chi connectivity index (χ0v) is 12.7. The molecule has 1 heterocycles. The number of carbonyl (C=O) groups is 1. The van der Waals surface area contributed by atoms with Crippen molar-refractivity contribution >= 4 is 23.1 Å². The van der Waals surface area contributed by atoms with E-state index in [0.29, 0.717) is 11.1 Å². The van der Waals surface area contributed by atoms with Crippen LogP contribution in [0, 0.1) is 29.1 Å². The minimum absolute atomic E-state index is 0.0689. The van der Waals surface area contributed by atoms with Gasteiger partial charge in [-0.1, -0.05) is 12.1 Å². The number of benzene rings is 2.